The Balaban J connectivity index is 1.75. The zero-order valence-electron chi connectivity index (χ0n) is 16.3. The highest BCUT2D eigenvalue weighted by Crippen LogP contribution is 2.29. The summed E-state index contributed by atoms with van der Waals surface area (Å²) in [7, 11) is 1.58. The molecule has 0 saturated carbocycles. The molecule has 1 amide bonds. The van der Waals surface area contributed by atoms with E-state index in [0.29, 0.717) is 42.2 Å². The first kappa shape index (κ1) is 20.9. The minimum atomic E-state index is -4.37. The zero-order chi connectivity index (χ0) is 21.2. The predicted molar refractivity (Wildman–Crippen MR) is 102 cm³/mol. The summed E-state index contributed by atoms with van der Waals surface area (Å²) < 4.78 is 39.4. The number of anilines is 1. The number of aromatic nitrogens is 2. The van der Waals surface area contributed by atoms with Gasteiger partial charge < -0.3 is 10.2 Å². The van der Waals surface area contributed by atoms with E-state index in [0.717, 1.165) is 18.6 Å². The molecule has 2 aromatic rings. The van der Waals surface area contributed by atoms with Gasteiger partial charge >= 0.3 is 6.18 Å². The third kappa shape index (κ3) is 4.60. The average molecular weight is 408 g/mol. The zero-order valence-corrected chi connectivity index (χ0v) is 16.3. The van der Waals surface area contributed by atoms with Crippen molar-refractivity contribution in [2.24, 2.45) is 7.05 Å². The number of hydrogen-bond acceptors (Lipinski definition) is 4. The van der Waals surface area contributed by atoms with Gasteiger partial charge in [-0.25, -0.2) is 4.98 Å². The third-order valence-electron chi connectivity index (χ3n) is 4.99. The van der Waals surface area contributed by atoms with Crippen LogP contribution in [0.5, 0.6) is 0 Å². The van der Waals surface area contributed by atoms with Gasteiger partial charge in [0.1, 0.15) is 0 Å². The first-order valence-corrected chi connectivity index (χ1v) is 9.47. The highest BCUT2D eigenvalue weighted by molar-refractivity contribution is 5.76. The van der Waals surface area contributed by atoms with Gasteiger partial charge in [-0.2, -0.15) is 13.2 Å². The molecule has 0 saturated heterocycles. The second-order valence-corrected chi connectivity index (χ2v) is 7.09. The topological polar surface area (TPSA) is 67.2 Å². The van der Waals surface area contributed by atoms with E-state index in [4.69, 9.17) is 0 Å². The van der Waals surface area contributed by atoms with E-state index in [1.165, 1.54) is 16.7 Å². The maximum atomic E-state index is 12.7. The number of amides is 1. The molecule has 1 aliphatic heterocycles. The lowest BCUT2D eigenvalue weighted by Gasteiger charge is -2.28. The Morgan fingerprint density at radius 1 is 1.24 bits per heavy atom. The molecule has 0 fully saturated rings. The summed E-state index contributed by atoms with van der Waals surface area (Å²) in [6.45, 7) is 2.95. The number of nitrogens with zero attached hydrogens (tertiary/aromatic N) is 3. The summed E-state index contributed by atoms with van der Waals surface area (Å²) in [5.41, 5.74) is 0.884. The molecule has 3 rings (SSSR count). The van der Waals surface area contributed by atoms with Crippen molar-refractivity contribution in [3.8, 4) is 0 Å². The first-order valence-electron chi connectivity index (χ1n) is 9.47. The Bertz CT molecular complexity index is 952. The minimum Gasteiger partial charge on any atom is -0.351 e. The SMILES string of the molecule is CCCC(=O)N1CCc2nc(NCc3ccc(C(F)(F)F)cc3)n(C)c(=O)c2C1. The van der Waals surface area contributed by atoms with Crippen LogP contribution in [0.1, 0.15) is 42.1 Å². The monoisotopic (exact) mass is 408 g/mol. The molecule has 1 aromatic carbocycles. The van der Waals surface area contributed by atoms with Crippen LogP contribution in [0, 0.1) is 0 Å². The van der Waals surface area contributed by atoms with Crippen LogP contribution < -0.4 is 10.9 Å². The van der Waals surface area contributed by atoms with E-state index < -0.39 is 11.7 Å². The molecular weight excluding hydrogens is 385 g/mol. The molecule has 0 bridgehead atoms. The van der Waals surface area contributed by atoms with Crippen molar-refractivity contribution in [2.45, 2.75) is 45.5 Å². The normalized spacial score (nSPS) is 13.9. The molecule has 6 nitrogen and oxygen atoms in total. The highest BCUT2D eigenvalue weighted by atomic mass is 19.4. The summed E-state index contributed by atoms with van der Waals surface area (Å²) in [6, 6.07) is 4.84. The van der Waals surface area contributed by atoms with Crippen LogP contribution in [-0.2, 0) is 37.5 Å². The van der Waals surface area contributed by atoms with Crippen LogP contribution in [0.3, 0.4) is 0 Å². The van der Waals surface area contributed by atoms with Gasteiger partial charge in [-0.1, -0.05) is 19.1 Å². The largest absolute Gasteiger partial charge is 0.416 e. The van der Waals surface area contributed by atoms with E-state index >= 15 is 0 Å². The summed E-state index contributed by atoms with van der Waals surface area (Å²) in [6.07, 6.45) is -2.67. The Morgan fingerprint density at radius 3 is 2.55 bits per heavy atom. The molecule has 2 heterocycles. The Morgan fingerprint density at radius 2 is 1.93 bits per heavy atom. The van der Waals surface area contributed by atoms with Gasteiger partial charge in [-0.3, -0.25) is 14.2 Å². The van der Waals surface area contributed by atoms with E-state index in [9.17, 15) is 22.8 Å². The maximum absolute atomic E-state index is 12.7. The van der Waals surface area contributed by atoms with Crippen molar-refractivity contribution in [3.63, 3.8) is 0 Å². The number of fused-ring (bicyclic) bond motifs is 1. The molecule has 0 unspecified atom stereocenters. The average Bonchev–Trinajstić information content (AvgIpc) is 2.69. The van der Waals surface area contributed by atoms with Gasteiger partial charge in [0.25, 0.3) is 5.56 Å². The first-order chi connectivity index (χ1) is 13.7. The van der Waals surface area contributed by atoms with Gasteiger partial charge in [-0.15, -0.1) is 0 Å². The molecule has 0 atom stereocenters. The predicted octanol–water partition coefficient (Wildman–Crippen LogP) is 3.10. The van der Waals surface area contributed by atoms with Crippen LogP contribution in [0.2, 0.25) is 0 Å². The second kappa shape index (κ2) is 8.26. The Labute approximate surface area is 166 Å². The van der Waals surface area contributed by atoms with Gasteiger partial charge in [0, 0.05) is 33.0 Å². The lowest BCUT2D eigenvalue weighted by atomic mass is 10.1. The lowest BCUT2D eigenvalue weighted by Crippen LogP contribution is -2.41. The molecule has 0 radical (unpaired) electrons. The summed E-state index contributed by atoms with van der Waals surface area (Å²) >= 11 is 0. The van der Waals surface area contributed by atoms with E-state index in [1.54, 1.807) is 11.9 Å². The molecule has 1 aliphatic rings. The molecule has 156 valence electrons. The summed E-state index contributed by atoms with van der Waals surface area (Å²) in [5, 5.41) is 3.02. The quantitative estimate of drug-likeness (QED) is 0.826. The molecule has 0 aliphatic carbocycles. The number of alkyl halides is 3. The number of carbonyl (C=O) groups is 1. The molecule has 1 N–H and O–H groups in total. The lowest BCUT2D eigenvalue weighted by molar-refractivity contribution is -0.137. The van der Waals surface area contributed by atoms with Crippen molar-refractivity contribution in [1.29, 1.82) is 0 Å². The van der Waals surface area contributed by atoms with Gasteiger partial charge in [0.05, 0.1) is 23.4 Å². The van der Waals surface area contributed by atoms with Crippen LogP contribution in [0.25, 0.3) is 0 Å². The van der Waals surface area contributed by atoms with Crippen molar-refractivity contribution in [1.82, 2.24) is 14.5 Å². The maximum Gasteiger partial charge on any atom is 0.416 e. The van der Waals surface area contributed by atoms with Crippen LogP contribution in [-0.4, -0.2) is 26.9 Å². The number of benzene rings is 1. The molecular formula is C20H23F3N4O2. The molecule has 0 spiro atoms. The highest BCUT2D eigenvalue weighted by Gasteiger charge is 2.30. The number of halogens is 3. The molecule has 9 heteroatoms. The summed E-state index contributed by atoms with van der Waals surface area (Å²) in [5.74, 6) is 0.381. The smallest absolute Gasteiger partial charge is 0.351 e. The van der Waals surface area contributed by atoms with Gasteiger partial charge in [0.2, 0.25) is 11.9 Å². The van der Waals surface area contributed by atoms with Crippen molar-refractivity contribution in [2.75, 3.05) is 11.9 Å². The van der Waals surface area contributed by atoms with Crippen molar-refractivity contribution < 1.29 is 18.0 Å². The Kier molecular flexibility index (Phi) is 5.95. The number of hydrogen-bond donors (Lipinski definition) is 1. The van der Waals surface area contributed by atoms with Crippen LogP contribution in [0.4, 0.5) is 19.1 Å². The third-order valence-corrected chi connectivity index (χ3v) is 4.99. The summed E-state index contributed by atoms with van der Waals surface area (Å²) in [4.78, 5) is 31.1. The van der Waals surface area contributed by atoms with Crippen molar-refractivity contribution >= 4 is 11.9 Å². The van der Waals surface area contributed by atoms with Gasteiger partial charge in [-0.05, 0) is 24.1 Å². The standard InChI is InChI=1S/C20H23F3N4O2/c1-3-4-17(28)27-10-9-16-15(12-27)18(29)26(2)19(25-16)24-11-13-5-7-14(8-6-13)20(21,22)23/h5-8H,3-4,9-12H2,1-2H3,(H,24,25). The fraction of sp³-hybridized carbons (Fsp3) is 0.450. The molecule has 29 heavy (non-hydrogen) atoms. The van der Waals surface area contributed by atoms with E-state index in [1.807, 2.05) is 6.92 Å². The molecule has 1 aromatic heterocycles. The van der Waals surface area contributed by atoms with Crippen molar-refractivity contribution in [3.05, 3.63) is 57.0 Å². The number of carbonyl (C=O) groups excluding carboxylic acids is 1. The van der Waals surface area contributed by atoms with E-state index in [-0.39, 0.29) is 24.6 Å². The minimum absolute atomic E-state index is 0.0321. The fourth-order valence-corrected chi connectivity index (χ4v) is 3.30. The van der Waals surface area contributed by atoms with Crippen LogP contribution in [0.15, 0.2) is 29.1 Å². The second-order valence-electron chi connectivity index (χ2n) is 7.09. The van der Waals surface area contributed by atoms with Crippen LogP contribution >= 0.6 is 0 Å². The van der Waals surface area contributed by atoms with E-state index in [2.05, 4.69) is 10.3 Å². The Hall–Kier alpha value is -2.84. The van der Waals surface area contributed by atoms with Gasteiger partial charge in [0.15, 0.2) is 0 Å². The fourth-order valence-electron chi connectivity index (χ4n) is 3.30. The number of nitrogens with one attached hydrogen (secondary N) is 1. The number of rotatable bonds is 5.